The average molecular weight is 179 g/mol. The number of hydrogen-bond acceptors (Lipinski definition) is 3. The Hall–Kier alpha value is -1.08. The first-order valence-corrected chi connectivity index (χ1v) is 4.62. The Kier molecular flexibility index (Phi) is 1.77. The Balaban J connectivity index is 1.94. The highest BCUT2D eigenvalue weighted by Gasteiger charge is 2.52. The number of carbonyl (C=O) groups is 1. The molecule has 1 heterocycles. The van der Waals surface area contributed by atoms with E-state index in [0.717, 1.165) is 19.3 Å². The second-order valence-electron chi connectivity index (χ2n) is 4.14. The molecule has 1 saturated carbocycles. The van der Waals surface area contributed by atoms with Gasteiger partial charge in [-0.15, -0.1) is 0 Å². The zero-order valence-electron chi connectivity index (χ0n) is 7.42. The van der Waals surface area contributed by atoms with Gasteiger partial charge in [-0.05, 0) is 25.7 Å². The van der Waals surface area contributed by atoms with Crippen molar-refractivity contribution in [3.8, 4) is 6.07 Å². The smallest absolute Gasteiger partial charge is 0.223 e. The van der Waals surface area contributed by atoms with Crippen molar-refractivity contribution < 1.29 is 4.79 Å². The van der Waals surface area contributed by atoms with Crippen LogP contribution in [0.2, 0.25) is 0 Å². The first kappa shape index (κ1) is 8.52. The van der Waals surface area contributed by atoms with Crippen molar-refractivity contribution in [3.05, 3.63) is 0 Å². The van der Waals surface area contributed by atoms with Gasteiger partial charge in [-0.1, -0.05) is 0 Å². The highest BCUT2D eigenvalue weighted by atomic mass is 16.2. The largest absolute Gasteiger partial charge is 0.350 e. The van der Waals surface area contributed by atoms with Gasteiger partial charge in [-0.3, -0.25) is 4.79 Å². The summed E-state index contributed by atoms with van der Waals surface area (Å²) in [6.07, 6.45) is 3.57. The molecule has 3 N–H and O–H groups in total. The molecule has 1 aliphatic heterocycles. The maximum Gasteiger partial charge on any atom is 0.223 e. The minimum absolute atomic E-state index is 0.0304. The summed E-state index contributed by atoms with van der Waals surface area (Å²) in [5, 5.41) is 11.5. The normalized spacial score (nSPS) is 31.1. The van der Waals surface area contributed by atoms with Crippen molar-refractivity contribution in [1.29, 1.82) is 5.26 Å². The molecule has 1 aliphatic carbocycles. The first-order chi connectivity index (χ1) is 6.15. The zero-order chi connectivity index (χ0) is 9.47. The van der Waals surface area contributed by atoms with Crippen molar-refractivity contribution in [1.82, 2.24) is 5.32 Å². The average Bonchev–Trinajstić information content (AvgIpc) is 2.75. The third-order valence-corrected chi connectivity index (χ3v) is 2.95. The Labute approximate surface area is 77.1 Å². The molecule has 4 nitrogen and oxygen atoms in total. The maximum absolute atomic E-state index is 11.4. The van der Waals surface area contributed by atoms with Gasteiger partial charge in [0, 0.05) is 11.5 Å². The van der Waals surface area contributed by atoms with Crippen LogP contribution in [0.15, 0.2) is 0 Å². The van der Waals surface area contributed by atoms with Crippen LogP contribution in [0.25, 0.3) is 0 Å². The Morgan fingerprint density at radius 2 is 2.46 bits per heavy atom. The summed E-state index contributed by atoms with van der Waals surface area (Å²) >= 11 is 0. The van der Waals surface area contributed by atoms with E-state index in [1.807, 2.05) is 6.07 Å². The van der Waals surface area contributed by atoms with E-state index >= 15 is 0 Å². The van der Waals surface area contributed by atoms with E-state index in [0.29, 0.717) is 6.42 Å². The molecule has 1 spiro atoms. The van der Waals surface area contributed by atoms with Crippen molar-refractivity contribution in [2.75, 3.05) is 0 Å². The fourth-order valence-corrected chi connectivity index (χ4v) is 2.01. The summed E-state index contributed by atoms with van der Waals surface area (Å²) in [7, 11) is 0. The van der Waals surface area contributed by atoms with Crippen LogP contribution in [0.5, 0.6) is 0 Å². The maximum atomic E-state index is 11.4. The van der Waals surface area contributed by atoms with Gasteiger partial charge in [0.2, 0.25) is 5.91 Å². The summed E-state index contributed by atoms with van der Waals surface area (Å²) < 4.78 is 0. The van der Waals surface area contributed by atoms with E-state index in [1.165, 1.54) is 0 Å². The summed E-state index contributed by atoms with van der Waals surface area (Å²) in [4.78, 5) is 11.4. The number of rotatable bonds is 2. The van der Waals surface area contributed by atoms with Crippen molar-refractivity contribution >= 4 is 5.91 Å². The van der Waals surface area contributed by atoms with Crippen LogP contribution >= 0.6 is 0 Å². The minimum atomic E-state index is -0.496. The quantitative estimate of drug-likeness (QED) is 0.621. The van der Waals surface area contributed by atoms with E-state index in [4.69, 9.17) is 11.0 Å². The van der Waals surface area contributed by atoms with E-state index in [9.17, 15) is 4.79 Å². The fraction of sp³-hybridized carbons (Fsp3) is 0.778. The standard InChI is InChI=1S/C9H13N3O/c10-5-7(11)3-6-4-9(1-2-9)12-8(6)13/h6-7H,1-4,11H2,(H,12,13). The van der Waals surface area contributed by atoms with Crippen molar-refractivity contribution in [2.24, 2.45) is 11.7 Å². The summed E-state index contributed by atoms with van der Waals surface area (Å²) in [5.41, 5.74) is 5.59. The van der Waals surface area contributed by atoms with Gasteiger partial charge >= 0.3 is 0 Å². The molecule has 1 amide bonds. The van der Waals surface area contributed by atoms with Gasteiger partial charge in [-0.2, -0.15) is 5.26 Å². The van der Waals surface area contributed by atoms with Crippen LogP contribution in [0.3, 0.4) is 0 Å². The molecular formula is C9H13N3O. The Morgan fingerprint density at radius 1 is 1.77 bits per heavy atom. The number of nitriles is 1. The lowest BCUT2D eigenvalue weighted by Gasteiger charge is -2.07. The molecule has 13 heavy (non-hydrogen) atoms. The van der Waals surface area contributed by atoms with Crippen LogP contribution in [0.1, 0.15) is 25.7 Å². The number of nitrogens with two attached hydrogens (primary N) is 1. The lowest BCUT2D eigenvalue weighted by molar-refractivity contribution is -0.122. The number of nitrogens with one attached hydrogen (secondary N) is 1. The number of hydrogen-bond donors (Lipinski definition) is 2. The molecule has 0 aromatic heterocycles. The monoisotopic (exact) mass is 179 g/mol. The Bertz CT molecular complexity index is 277. The number of nitrogens with zero attached hydrogens (tertiary/aromatic N) is 1. The molecule has 4 heteroatoms. The molecule has 2 atom stereocenters. The zero-order valence-corrected chi connectivity index (χ0v) is 7.42. The van der Waals surface area contributed by atoms with Gasteiger partial charge in [0.05, 0.1) is 12.1 Å². The molecule has 0 bridgehead atoms. The third-order valence-electron chi connectivity index (χ3n) is 2.95. The SMILES string of the molecule is N#CC(N)CC1CC2(CC2)NC1=O. The highest BCUT2D eigenvalue weighted by Crippen LogP contribution is 2.46. The molecule has 1 saturated heterocycles. The van der Waals surface area contributed by atoms with Crippen LogP contribution in [0, 0.1) is 17.2 Å². The summed E-state index contributed by atoms with van der Waals surface area (Å²) in [5.74, 6) is 0.0559. The molecular weight excluding hydrogens is 166 g/mol. The first-order valence-electron chi connectivity index (χ1n) is 4.62. The van der Waals surface area contributed by atoms with Gasteiger partial charge in [-0.25, -0.2) is 0 Å². The van der Waals surface area contributed by atoms with Gasteiger partial charge in [0.1, 0.15) is 0 Å². The molecule has 0 aromatic rings. The minimum Gasteiger partial charge on any atom is -0.350 e. The van der Waals surface area contributed by atoms with Gasteiger partial charge in [0.25, 0.3) is 0 Å². The van der Waals surface area contributed by atoms with E-state index in [-0.39, 0.29) is 17.4 Å². The topological polar surface area (TPSA) is 78.9 Å². The lowest BCUT2D eigenvalue weighted by Crippen LogP contribution is -2.29. The van der Waals surface area contributed by atoms with Gasteiger partial charge < -0.3 is 11.1 Å². The highest BCUT2D eigenvalue weighted by molar-refractivity contribution is 5.83. The second-order valence-corrected chi connectivity index (χ2v) is 4.14. The number of amides is 1. The second kappa shape index (κ2) is 2.71. The number of carbonyl (C=O) groups excluding carboxylic acids is 1. The van der Waals surface area contributed by atoms with Crippen molar-refractivity contribution in [3.63, 3.8) is 0 Å². The van der Waals surface area contributed by atoms with Crippen LogP contribution in [0.4, 0.5) is 0 Å². The van der Waals surface area contributed by atoms with E-state index < -0.39 is 6.04 Å². The molecule has 0 aromatic carbocycles. The molecule has 2 fully saturated rings. The third kappa shape index (κ3) is 1.52. The lowest BCUT2D eigenvalue weighted by atomic mass is 9.96. The predicted octanol–water partition coefficient (Wildman–Crippen LogP) is -0.104. The molecule has 2 unspecified atom stereocenters. The van der Waals surface area contributed by atoms with E-state index in [1.54, 1.807) is 0 Å². The van der Waals surface area contributed by atoms with Gasteiger partial charge in [0.15, 0.2) is 0 Å². The predicted molar refractivity (Wildman–Crippen MR) is 46.4 cm³/mol. The molecule has 0 radical (unpaired) electrons. The molecule has 2 rings (SSSR count). The summed E-state index contributed by atoms with van der Waals surface area (Å²) in [6, 6.07) is 1.46. The van der Waals surface area contributed by atoms with Crippen molar-refractivity contribution in [2.45, 2.75) is 37.3 Å². The Morgan fingerprint density at radius 3 is 2.92 bits per heavy atom. The molecule has 2 aliphatic rings. The summed E-state index contributed by atoms with van der Waals surface area (Å²) in [6.45, 7) is 0. The van der Waals surface area contributed by atoms with Crippen LogP contribution < -0.4 is 11.1 Å². The van der Waals surface area contributed by atoms with Crippen LogP contribution in [-0.2, 0) is 4.79 Å². The van der Waals surface area contributed by atoms with E-state index in [2.05, 4.69) is 5.32 Å². The molecule has 70 valence electrons. The fourth-order valence-electron chi connectivity index (χ4n) is 2.01. The van der Waals surface area contributed by atoms with Crippen LogP contribution in [-0.4, -0.2) is 17.5 Å².